The lowest BCUT2D eigenvalue weighted by Gasteiger charge is -2.15. The van der Waals surface area contributed by atoms with Gasteiger partial charge in [-0.3, -0.25) is 0 Å². The largest absolute Gasteiger partial charge is 0.496 e. The Balaban J connectivity index is 2.54. The van der Waals surface area contributed by atoms with Crippen molar-refractivity contribution >= 4 is 15.9 Å². The van der Waals surface area contributed by atoms with Gasteiger partial charge in [0.2, 0.25) is 0 Å². The van der Waals surface area contributed by atoms with Gasteiger partial charge in [-0.2, -0.15) is 0 Å². The van der Waals surface area contributed by atoms with Crippen LogP contribution in [-0.2, 0) is 11.2 Å². The summed E-state index contributed by atoms with van der Waals surface area (Å²) in [6.07, 6.45) is 3.35. The van der Waals surface area contributed by atoms with E-state index in [-0.39, 0.29) is 0 Å². The van der Waals surface area contributed by atoms with Gasteiger partial charge >= 0.3 is 0 Å². The zero-order chi connectivity index (χ0) is 12.5. The Labute approximate surface area is 112 Å². The van der Waals surface area contributed by atoms with Gasteiger partial charge in [-0.15, -0.1) is 0 Å². The molecule has 0 aliphatic carbocycles. The third kappa shape index (κ3) is 5.09. The van der Waals surface area contributed by atoms with E-state index in [1.54, 1.807) is 14.2 Å². The second kappa shape index (κ2) is 8.54. The first-order chi connectivity index (χ1) is 8.31. The van der Waals surface area contributed by atoms with Crippen LogP contribution in [0.15, 0.2) is 24.3 Å². The molecule has 0 spiro atoms. The maximum atomic E-state index is 5.38. The first kappa shape index (κ1) is 14.5. The number of benzene rings is 1. The van der Waals surface area contributed by atoms with Crippen molar-refractivity contribution in [3.05, 3.63) is 29.8 Å². The van der Waals surface area contributed by atoms with Crippen LogP contribution in [0.1, 0.15) is 18.4 Å². The van der Waals surface area contributed by atoms with E-state index >= 15 is 0 Å². The summed E-state index contributed by atoms with van der Waals surface area (Å²) >= 11 is 3.59. The average Bonchev–Trinajstić information content (AvgIpc) is 2.38. The molecule has 0 fully saturated rings. The summed E-state index contributed by atoms with van der Waals surface area (Å²) in [6.45, 7) is 0.843. The summed E-state index contributed by atoms with van der Waals surface area (Å²) < 4.78 is 10.5. The quantitative estimate of drug-likeness (QED) is 0.539. The maximum Gasteiger partial charge on any atom is 0.122 e. The minimum Gasteiger partial charge on any atom is -0.496 e. The van der Waals surface area contributed by atoms with Crippen molar-refractivity contribution in [2.75, 3.05) is 26.2 Å². The monoisotopic (exact) mass is 300 g/mol. The lowest BCUT2D eigenvalue weighted by atomic mass is 9.96. The van der Waals surface area contributed by atoms with Crippen molar-refractivity contribution in [3.63, 3.8) is 0 Å². The fraction of sp³-hybridized carbons (Fsp3) is 0.571. The van der Waals surface area contributed by atoms with E-state index in [9.17, 15) is 0 Å². The molecule has 96 valence electrons. The number of hydrogen-bond acceptors (Lipinski definition) is 2. The second-order valence-electron chi connectivity index (χ2n) is 4.17. The van der Waals surface area contributed by atoms with E-state index in [0.29, 0.717) is 5.92 Å². The van der Waals surface area contributed by atoms with Crippen LogP contribution in [0.4, 0.5) is 0 Å². The molecule has 0 amide bonds. The van der Waals surface area contributed by atoms with E-state index in [1.165, 1.54) is 12.0 Å². The van der Waals surface area contributed by atoms with Crippen LogP contribution >= 0.6 is 15.9 Å². The minimum atomic E-state index is 0.640. The Kier molecular flexibility index (Phi) is 7.29. The highest BCUT2D eigenvalue weighted by molar-refractivity contribution is 9.09. The molecular formula is C14H21BrO2. The summed E-state index contributed by atoms with van der Waals surface area (Å²) in [7, 11) is 3.48. The third-order valence-electron chi connectivity index (χ3n) is 2.88. The molecule has 1 atom stereocenters. The number of methoxy groups -OCH3 is 2. The second-order valence-corrected chi connectivity index (χ2v) is 4.82. The predicted octanol–water partition coefficient (Wildman–Crippen LogP) is 3.68. The van der Waals surface area contributed by atoms with Gasteiger partial charge in [0.05, 0.1) is 7.11 Å². The number of ether oxygens (including phenoxy) is 2. The molecule has 0 aromatic heterocycles. The molecule has 0 saturated carbocycles. The number of hydrogen-bond donors (Lipinski definition) is 0. The topological polar surface area (TPSA) is 18.5 Å². The van der Waals surface area contributed by atoms with Gasteiger partial charge in [0.15, 0.2) is 0 Å². The standard InChI is InChI=1S/C14H21BrO2/c1-16-9-5-6-12(11-15)10-13-7-3-4-8-14(13)17-2/h3-4,7-8,12H,5-6,9-11H2,1-2H3. The highest BCUT2D eigenvalue weighted by atomic mass is 79.9. The Hall–Kier alpha value is -0.540. The SMILES string of the molecule is COCCCC(CBr)Cc1ccccc1OC. The normalized spacial score (nSPS) is 12.4. The minimum absolute atomic E-state index is 0.640. The number of alkyl halides is 1. The molecule has 1 unspecified atom stereocenters. The van der Waals surface area contributed by atoms with Crippen molar-refractivity contribution in [3.8, 4) is 5.75 Å². The van der Waals surface area contributed by atoms with Crippen LogP contribution in [0.2, 0.25) is 0 Å². The van der Waals surface area contributed by atoms with Crippen LogP contribution in [0.5, 0.6) is 5.75 Å². The highest BCUT2D eigenvalue weighted by Crippen LogP contribution is 2.24. The first-order valence-electron chi connectivity index (χ1n) is 5.98. The Morgan fingerprint density at radius 2 is 2.00 bits per heavy atom. The van der Waals surface area contributed by atoms with Gasteiger partial charge in [0.25, 0.3) is 0 Å². The van der Waals surface area contributed by atoms with Crippen molar-refractivity contribution in [1.29, 1.82) is 0 Å². The Morgan fingerprint density at radius 3 is 2.65 bits per heavy atom. The molecule has 17 heavy (non-hydrogen) atoms. The van der Waals surface area contributed by atoms with Crippen molar-refractivity contribution < 1.29 is 9.47 Å². The van der Waals surface area contributed by atoms with E-state index in [0.717, 1.165) is 30.5 Å². The molecule has 3 heteroatoms. The average molecular weight is 301 g/mol. The number of rotatable bonds is 8. The van der Waals surface area contributed by atoms with Crippen LogP contribution in [0.3, 0.4) is 0 Å². The number of para-hydroxylation sites is 1. The van der Waals surface area contributed by atoms with E-state index < -0.39 is 0 Å². The van der Waals surface area contributed by atoms with Crippen molar-refractivity contribution in [1.82, 2.24) is 0 Å². The molecule has 1 aromatic carbocycles. The van der Waals surface area contributed by atoms with Crippen LogP contribution in [0, 0.1) is 5.92 Å². The summed E-state index contributed by atoms with van der Waals surface area (Å²) in [4.78, 5) is 0. The molecule has 1 aromatic rings. The molecule has 2 nitrogen and oxygen atoms in total. The molecule has 1 rings (SSSR count). The van der Waals surface area contributed by atoms with Gasteiger partial charge in [0.1, 0.15) is 5.75 Å². The lowest BCUT2D eigenvalue weighted by Crippen LogP contribution is -2.08. The zero-order valence-corrected chi connectivity index (χ0v) is 12.2. The van der Waals surface area contributed by atoms with Gasteiger partial charge in [-0.05, 0) is 36.8 Å². The Morgan fingerprint density at radius 1 is 1.24 bits per heavy atom. The van der Waals surface area contributed by atoms with Gasteiger partial charge in [0, 0.05) is 19.0 Å². The van der Waals surface area contributed by atoms with E-state index in [1.807, 2.05) is 12.1 Å². The molecule has 0 bridgehead atoms. The maximum absolute atomic E-state index is 5.38. The van der Waals surface area contributed by atoms with Gasteiger partial charge in [-0.1, -0.05) is 34.1 Å². The molecule has 0 aliphatic heterocycles. The predicted molar refractivity (Wildman–Crippen MR) is 75.1 cm³/mol. The molecular weight excluding hydrogens is 280 g/mol. The highest BCUT2D eigenvalue weighted by Gasteiger charge is 2.11. The Bertz CT molecular complexity index is 315. The lowest BCUT2D eigenvalue weighted by molar-refractivity contribution is 0.188. The first-order valence-corrected chi connectivity index (χ1v) is 7.10. The zero-order valence-electron chi connectivity index (χ0n) is 10.6. The molecule has 0 heterocycles. The van der Waals surface area contributed by atoms with Crippen molar-refractivity contribution in [2.45, 2.75) is 19.3 Å². The summed E-state index contributed by atoms with van der Waals surface area (Å²) in [5.74, 6) is 1.63. The number of halogens is 1. The van der Waals surface area contributed by atoms with Crippen LogP contribution < -0.4 is 4.74 Å². The van der Waals surface area contributed by atoms with E-state index in [4.69, 9.17) is 9.47 Å². The van der Waals surface area contributed by atoms with Crippen LogP contribution in [-0.4, -0.2) is 26.2 Å². The van der Waals surface area contributed by atoms with Crippen molar-refractivity contribution in [2.24, 2.45) is 5.92 Å². The smallest absolute Gasteiger partial charge is 0.122 e. The molecule has 0 N–H and O–H groups in total. The summed E-state index contributed by atoms with van der Waals surface area (Å²) in [6, 6.07) is 8.25. The molecule has 0 aliphatic rings. The fourth-order valence-electron chi connectivity index (χ4n) is 1.93. The molecule has 0 radical (unpaired) electrons. The third-order valence-corrected chi connectivity index (χ3v) is 3.80. The summed E-state index contributed by atoms with van der Waals surface area (Å²) in [5, 5.41) is 1.02. The fourth-order valence-corrected chi connectivity index (χ4v) is 2.49. The van der Waals surface area contributed by atoms with E-state index in [2.05, 4.69) is 28.1 Å². The van der Waals surface area contributed by atoms with Gasteiger partial charge < -0.3 is 9.47 Å². The summed E-state index contributed by atoms with van der Waals surface area (Å²) in [5.41, 5.74) is 1.29. The molecule has 0 saturated heterocycles. The van der Waals surface area contributed by atoms with Gasteiger partial charge in [-0.25, -0.2) is 0 Å². The van der Waals surface area contributed by atoms with Crippen LogP contribution in [0.25, 0.3) is 0 Å².